The lowest BCUT2D eigenvalue weighted by Gasteiger charge is -2.31. The van der Waals surface area contributed by atoms with E-state index in [-0.39, 0.29) is 19.0 Å². The smallest absolute Gasteiger partial charge is 0.319 e. The molecule has 1 saturated heterocycles. The van der Waals surface area contributed by atoms with Gasteiger partial charge in [-0.2, -0.15) is 19.2 Å². The van der Waals surface area contributed by atoms with E-state index in [0.717, 1.165) is 6.20 Å². The van der Waals surface area contributed by atoms with Crippen LogP contribution >= 0.6 is 0 Å². The lowest BCUT2D eigenvalue weighted by atomic mass is 9.95. The fourth-order valence-corrected chi connectivity index (χ4v) is 2.65. The molecule has 0 bridgehead atoms. The number of nitrogens with zero attached hydrogens (tertiary/aromatic N) is 5. The van der Waals surface area contributed by atoms with Crippen molar-refractivity contribution in [2.45, 2.75) is 31.9 Å². The van der Waals surface area contributed by atoms with Crippen LogP contribution in [0.15, 0.2) is 18.6 Å². The van der Waals surface area contributed by atoms with Gasteiger partial charge >= 0.3 is 5.66 Å². The molecule has 1 unspecified atom stereocenters. The molecule has 0 aliphatic carbocycles. The maximum absolute atomic E-state index is 13.9. The van der Waals surface area contributed by atoms with E-state index in [1.54, 1.807) is 20.0 Å². The van der Waals surface area contributed by atoms with Crippen LogP contribution in [-0.2, 0) is 5.66 Å². The molecule has 3 heterocycles. The third kappa shape index (κ3) is 4.33. The summed E-state index contributed by atoms with van der Waals surface area (Å²) in [5, 5.41) is 9.55. The van der Waals surface area contributed by atoms with Crippen LogP contribution in [0.3, 0.4) is 0 Å². The van der Waals surface area contributed by atoms with Gasteiger partial charge in [-0.15, -0.1) is 0 Å². The predicted molar refractivity (Wildman–Crippen MR) is 94.8 cm³/mol. The van der Waals surface area contributed by atoms with Crippen molar-refractivity contribution < 1.29 is 17.9 Å². The summed E-state index contributed by atoms with van der Waals surface area (Å²) in [5.41, 5.74) is -0.378. The maximum atomic E-state index is 13.9. The Morgan fingerprint density at radius 1 is 1.46 bits per heavy atom. The van der Waals surface area contributed by atoms with Gasteiger partial charge in [-0.25, -0.2) is 20.3 Å². The third-order valence-electron chi connectivity index (χ3n) is 4.43. The number of rotatable bonds is 6. The largest absolute Gasteiger partial charge is 0.475 e. The fraction of sp³-hybridized carbons (Fsp3) is 0.529. The second-order valence-corrected chi connectivity index (χ2v) is 6.99. The molecule has 0 amide bonds. The van der Waals surface area contributed by atoms with Crippen molar-refractivity contribution in [2.75, 3.05) is 25.0 Å². The lowest BCUT2D eigenvalue weighted by molar-refractivity contribution is -0.0870. The van der Waals surface area contributed by atoms with E-state index in [4.69, 9.17) is 11.3 Å². The molecule has 1 atom stereocenters. The molecule has 150 valence electrons. The first-order valence-corrected chi connectivity index (χ1v) is 8.66. The molecule has 0 spiro atoms. The summed E-state index contributed by atoms with van der Waals surface area (Å²) in [6, 6.07) is 0. The third-order valence-corrected chi connectivity index (χ3v) is 4.43. The van der Waals surface area contributed by atoms with E-state index in [9.17, 15) is 13.2 Å². The summed E-state index contributed by atoms with van der Waals surface area (Å²) in [5.74, 6) is -5.16. The number of nitrogens with one attached hydrogen (secondary N) is 2. The normalized spacial score (nSPS) is 19.1. The number of ether oxygens (including phenoxy) is 1. The summed E-state index contributed by atoms with van der Waals surface area (Å²) in [7, 11) is 0. The van der Waals surface area contributed by atoms with E-state index >= 15 is 0 Å². The van der Waals surface area contributed by atoms with Crippen LogP contribution in [0.25, 0.3) is 4.85 Å². The van der Waals surface area contributed by atoms with Crippen molar-refractivity contribution in [1.29, 1.82) is 0 Å². The highest BCUT2D eigenvalue weighted by molar-refractivity contribution is 5.50. The highest BCUT2D eigenvalue weighted by Crippen LogP contribution is 2.30. The summed E-state index contributed by atoms with van der Waals surface area (Å²) in [6.45, 7) is 10.3. The molecule has 11 heteroatoms. The van der Waals surface area contributed by atoms with Crippen molar-refractivity contribution in [1.82, 2.24) is 25.1 Å². The van der Waals surface area contributed by atoms with Gasteiger partial charge in [0.1, 0.15) is 0 Å². The number of hydrogen-bond donors (Lipinski definition) is 2. The number of halogens is 3. The number of anilines is 2. The quantitative estimate of drug-likeness (QED) is 0.732. The summed E-state index contributed by atoms with van der Waals surface area (Å²) in [6.07, 6.45) is 4.18. The monoisotopic (exact) mass is 395 g/mol. The van der Waals surface area contributed by atoms with E-state index in [0.29, 0.717) is 12.2 Å². The zero-order valence-electron chi connectivity index (χ0n) is 15.4. The molecule has 1 aliphatic rings. The molecule has 0 saturated carbocycles. The molecule has 28 heavy (non-hydrogen) atoms. The summed E-state index contributed by atoms with van der Waals surface area (Å²) >= 11 is 0. The van der Waals surface area contributed by atoms with Crippen molar-refractivity contribution in [3.8, 4) is 5.88 Å². The first-order chi connectivity index (χ1) is 13.2. The molecule has 0 radical (unpaired) electrons. The van der Waals surface area contributed by atoms with Crippen LogP contribution < -0.4 is 15.4 Å². The number of hydrogen-bond acceptors (Lipinski definition) is 6. The molecule has 8 nitrogen and oxygen atoms in total. The summed E-state index contributed by atoms with van der Waals surface area (Å²) < 4.78 is 48.3. The van der Waals surface area contributed by atoms with Crippen LogP contribution in [-0.4, -0.2) is 45.4 Å². The van der Waals surface area contributed by atoms with E-state index in [2.05, 4.69) is 30.5 Å². The molecule has 2 N–H and O–H groups in total. The standard InChI is InChI=1S/C17H20F3N7O/c1-16(2,21-3)27-8-12(6-24-27)25-15-23-7-13(18)14(26-15)28-9-11-4-5-22-10-17(11,19)20/h6-8,11,22H,4-5,9-10H2,1-2H3,(H,23,25,26). The van der Waals surface area contributed by atoms with Gasteiger partial charge < -0.3 is 15.4 Å². The Kier molecular flexibility index (Phi) is 5.42. The minimum atomic E-state index is -2.92. The van der Waals surface area contributed by atoms with E-state index in [1.807, 2.05) is 0 Å². The average Bonchev–Trinajstić information content (AvgIpc) is 3.12. The Bertz CT molecular complexity index is 878. The van der Waals surface area contributed by atoms with Crippen molar-refractivity contribution in [2.24, 2.45) is 5.92 Å². The second kappa shape index (κ2) is 7.63. The molecule has 1 fully saturated rings. The molecule has 2 aromatic heterocycles. The van der Waals surface area contributed by atoms with Crippen LogP contribution in [0.2, 0.25) is 0 Å². The number of piperidine rings is 1. The maximum Gasteiger partial charge on any atom is 0.319 e. The van der Waals surface area contributed by atoms with E-state index in [1.165, 1.54) is 10.9 Å². The molecular formula is C17H20F3N7O. The fourth-order valence-electron chi connectivity index (χ4n) is 2.65. The highest BCUT2D eigenvalue weighted by Gasteiger charge is 2.42. The Labute approximate surface area is 159 Å². The molecule has 1 aliphatic heterocycles. The second-order valence-electron chi connectivity index (χ2n) is 6.99. The van der Waals surface area contributed by atoms with Gasteiger partial charge in [-0.1, -0.05) is 0 Å². The van der Waals surface area contributed by atoms with Gasteiger partial charge in [0.05, 0.1) is 43.3 Å². The SMILES string of the molecule is [C-]#[N+]C(C)(C)n1cc(Nc2ncc(F)c(OCC3CCNCC3(F)F)n2)cn1. The average molecular weight is 395 g/mol. The Morgan fingerprint density at radius 2 is 2.25 bits per heavy atom. The van der Waals surface area contributed by atoms with Crippen molar-refractivity contribution in [3.63, 3.8) is 0 Å². The van der Waals surface area contributed by atoms with Crippen molar-refractivity contribution in [3.05, 3.63) is 35.8 Å². The molecule has 2 aromatic rings. The van der Waals surface area contributed by atoms with Gasteiger partial charge in [-0.05, 0) is 13.0 Å². The number of alkyl halides is 2. The van der Waals surface area contributed by atoms with Gasteiger partial charge in [0, 0.05) is 13.8 Å². The first-order valence-electron chi connectivity index (χ1n) is 8.66. The van der Waals surface area contributed by atoms with Crippen molar-refractivity contribution >= 4 is 11.6 Å². The Balaban J connectivity index is 1.69. The van der Waals surface area contributed by atoms with Gasteiger partial charge in [0.25, 0.3) is 11.8 Å². The molecule has 0 aromatic carbocycles. The topological polar surface area (TPSA) is 81.2 Å². The van der Waals surface area contributed by atoms with Gasteiger partial charge in [-0.3, -0.25) is 4.85 Å². The zero-order chi connectivity index (χ0) is 20.4. The Hall–Kier alpha value is -2.87. The lowest BCUT2D eigenvalue weighted by Crippen LogP contribution is -2.48. The van der Waals surface area contributed by atoms with E-state index < -0.39 is 35.7 Å². The van der Waals surface area contributed by atoms with Gasteiger partial charge in [0.2, 0.25) is 11.8 Å². The molecule has 3 rings (SSSR count). The Morgan fingerprint density at radius 3 is 2.96 bits per heavy atom. The van der Waals surface area contributed by atoms with Crippen LogP contribution in [0.5, 0.6) is 5.88 Å². The summed E-state index contributed by atoms with van der Waals surface area (Å²) in [4.78, 5) is 11.2. The number of aromatic nitrogens is 4. The van der Waals surface area contributed by atoms with Crippen LogP contribution in [0.1, 0.15) is 20.3 Å². The minimum Gasteiger partial charge on any atom is -0.475 e. The van der Waals surface area contributed by atoms with Crippen LogP contribution in [0, 0.1) is 18.3 Å². The first kappa shape index (κ1) is 19.9. The minimum absolute atomic E-state index is 0.0219. The zero-order valence-corrected chi connectivity index (χ0v) is 15.4. The van der Waals surface area contributed by atoms with Crippen LogP contribution in [0.4, 0.5) is 24.8 Å². The predicted octanol–water partition coefficient (Wildman–Crippen LogP) is 2.79. The van der Waals surface area contributed by atoms with Gasteiger partial charge in [0.15, 0.2) is 0 Å². The molecular weight excluding hydrogens is 375 g/mol. The highest BCUT2D eigenvalue weighted by atomic mass is 19.3.